The molecule has 0 spiro atoms. The predicted molar refractivity (Wildman–Crippen MR) is 76.0 cm³/mol. The molecule has 0 radical (unpaired) electrons. The van der Waals surface area contributed by atoms with Gasteiger partial charge in [0.1, 0.15) is 0 Å². The molecule has 0 amide bonds. The fourth-order valence-corrected chi connectivity index (χ4v) is 1.13. The van der Waals surface area contributed by atoms with E-state index >= 15 is 0 Å². The zero-order valence-electron chi connectivity index (χ0n) is 12.3. The molecule has 0 aromatic heterocycles. The van der Waals surface area contributed by atoms with Gasteiger partial charge in [-0.05, 0) is 19.4 Å². The summed E-state index contributed by atoms with van der Waals surface area (Å²) in [6.07, 6.45) is 1.27. The fourth-order valence-electron chi connectivity index (χ4n) is 1.13. The summed E-state index contributed by atoms with van der Waals surface area (Å²) in [5.74, 6) is 0. The standard InChI is InChI=1S/C6H14N2.C6H14.C2H4/c1-6-5-8(2)4-3-7-6;1-5-6(2,3)4;1-2/h6-7H,3-5H2,1-2H3;5H2,1-4H3;1-2H2. The van der Waals surface area contributed by atoms with Gasteiger partial charge in [0.2, 0.25) is 0 Å². The van der Waals surface area contributed by atoms with E-state index in [1.807, 2.05) is 0 Å². The van der Waals surface area contributed by atoms with Gasteiger partial charge in [0.25, 0.3) is 0 Å². The normalized spacial score (nSPS) is 21.2. The Hall–Kier alpha value is -0.340. The quantitative estimate of drug-likeness (QED) is 0.641. The molecule has 1 rings (SSSR count). The van der Waals surface area contributed by atoms with E-state index in [1.54, 1.807) is 0 Å². The van der Waals surface area contributed by atoms with Crippen molar-refractivity contribution in [2.75, 3.05) is 26.7 Å². The molecule has 1 aliphatic rings. The number of hydrogen-bond acceptors (Lipinski definition) is 2. The third kappa shape index (κ3) is 13.7. The van der Waals surface area contributed by atoms with E-state index in [2.05, 4.69) is 65.0 Å². The molecule has 2 heteroatoms. The van der Waals surface area contributed by atoms with Crippen LogP contribution in [0.1, 0.15) is 41.0 Å². The highest BCUT2D eigenvalue weighted by Crippen LogP contribution is 2.16. The number of nitrogens with zero attached hydrogens (tertiary/aromatic N) is 1. The first-order valence-electron chi connectivity index (χ1n) is 6.27. The monoisotopic (exact) mass is 228 g/mol. The molecule has 0 aromatic carbocycles. The number of nitrogens with one attached hydrogen (secondary N) is 1. The van der Waals surface area contributed by atoms with E-state index in [1.165, 1.54) is 19.5 Å². The molecular weight excluding hydrogens is 196 g/mol. The first-order valence-corrected chi connectivity index (χ1v) is 6.27. The van der Waals surface area contributed by atoms with Gasteiger partial charge >= 0.3 is 0 Å². The Morgan fingerprint density at radius 3 is 1.94 bits per heavy atom. The van der Waals surface area contributed by atoms with Gasteiger partial charge in [-0.15, -0.1) is 13.2 Å². The maximum Gasteiger partial charge on any atom is 0.0167 e. The molecule has 1 saturated heterocycles. The van der Waals surface area contributed by atoms with E-state index in [-0.39, 0.29) is 0 Å². The van der Waals surface area contributed by atoms with Crippen molar-refractivity contribution in [1.29, 1.82) is 0 Å². The van der Waals surface area contributed by atoms with Gasteiger partial charge in [0, 0.05) is 25.7 Å². The second-order valence-electron chi connectivity index (χ2n) is 5.53. The van der Waals surface area contributed by atoms with Crippen LogP contribution >= 0.6 is 0 Å². The summed E-state index contributed by atoms with van der Waals surface area (Å²) in [5.41, 5.74) is 0.542. The minimum Gasteiger partial charge on any atom is -0.312 e. The van der Waals surface area contributed by atoms with Gasteiger partial charge in [-0.25, -0.2) is 0 Å². The molecule has 0 bridgehead atoms. The van der Waals surface area contributed by atoms with Gasteiger partial charge in [-0.1, -0.05) is 34.1 Å². The predicted octanol–water partition coefficient (Wildman–Crippen LogP) is 3.15. The van der Waals surface area contributed by atoms with Crippen LogP contribution in [0.2, 0.25) is 0 Å². The van der Waals surface area contributed by atoms with Crippen molar-refractivity contribution in [3.8, 4) is 0 Å². The van der Waals surface area contributed by atoms with E-state index in [0.717, 1.165) is 6.54 Å². The summed E-state index contributed by atoms with van der Waals surface area (Å²) >= 11 is 0. The highest BCUT2D eigenvalue weighted by molar-refractivity contribution is 4.71. The van der Waals surface area contributed by atoms with Crippen LogP contribution in [0.25, 0.3) is 0 Å². The highest BCUT2D eigenvalue weighted by atomic mass is 15.2. The van der Waals surface area contributed by atoms with Crippen LogP contribution in [-0.4, -0.2) is 37.6 Å². The first kappa shape index (κ1) is 18.0. The summed E-state index contributed by atoms with van der Waals surface area (Å²) in [6, 6.07) is 0.689. The van der Waals surface area contributed by atoms with Crippen molar-refractivity contribution >= 4 is 0 Å². The zero-order valence-corrected chi connectivity index (χ0v) is 12.3. The second kappa shape index (κ2) is 9.86. The van der Waals surface area contributed by atoms with Crippen LogP contribution < -0.4 is 5.32 Å². The summed E-state index contributed by atoms with van der Waals surface area (Å²) in [6.45, 7) is 20.7. The third-order valence-electron chi connectivity index (χ3n) is 2.63. The summed E-state index contributed by atoms with van der Waals surface area (Å²) in [7, 11) is 2.16. The summed E-state index contributed by atoms with van der Waals surface area (Å²) in [4.78, 5) is 2.35. The molecule has 1 unspecified atom stereocenters. The van der Waals surface area contributed by atoms with Gasteiger partial charge in [-0.3, -0.25) is 0 Å². The van der Waals surface area contributed by atoms with Crippen LogP contribution in [0.4, 0.5) is 0 Å². The molecule has 1 N–H and O–H groups in total. The van der Waals surface area contributed by atoms with E-state index in [0.29, 0.717) is 11.5 Å². The second-order valence-corrected chi connectivity index (χ2v) is 5.53. The molecule has 0 saturated carbocycles. The Kier molecular flexibility index (Phi) is 11.1. The number of rotatable bonds is 0. The molecule has 16 heavy (non-hydrogen) atoms. The van der Waals surface area contributed by atoms with Crippen molar-refractivity contribution in [3.05, 3.63) is 13.2 Å². The zero-order chi connectivity index (χ0) is 13.2. The Balaban J connectivity index is 0. The van der Waals surface area contributed by atoms with Gasteiger partial charge in [0.05, 0.1) is 0 Å². The van der Waals surface area contributed by atoms with E-state index < -0.39 is 0 Å². The lowest BCUT2D eigenvalue weighted by molar-refractivity contribution is 0.248. The molecule has 1 heterocycles. The van der Waals surface area contributed by atoms with Crippen molar-refractivity contribution in [3.63, 3.8) is 0 Å². The summed E-state index contributed by atoms with van der Waals surface area (Å²) < 4.78 is 0. The molecule has 98 valence electrons. The molecular formula is C14H32N2. The van der Waals surface area contributed by atoms with E-state index in [9.17, 15) is 0 Å². The first-order chi connectivity index (χ1) is 7.35. The molecule has 0 aromatic rings. The minimum absolute atomic E-state index is 0.542. The van der Waals surface area contributed by atoms with Gasteiger partial charge in [-0.2, -0.15) is 0 Å². The SMILES string of the molecule is C=C.CC1CN(C)CCN1.CCC(C)(C)C. The maximum atomic E-state index is 3.37. The van der Waals surface area contributed by atoms with E-state index in [4.69, 9.17) is 0 Å². The van der Waals surface area contributed by atoms with Gasteiger partial charge < -0.3 is 10.2 Å². The lowest BCUT2D eigenvalue weighted by Crippen LogP contribution is -2.47. The van der Waals surface area contributed by atoms with Crippen molar-refractivity contribution in [1.82, 2.24) is 10.2 Å². The average molecular weight is 228 g/mol. The number of piperazine rings is 1. The highest BCUT2D eigenvalue weighted by Gasteiger charge is 2.09. The molecule has 0 aliphatic carbocycles. The van der Waals surface area contributed by atoms with Crippen molar-refractivity contribution in [2.24, 2.45) is 5.41 Å². The Morgan fingerprint density at radius 2 is 1.75 bits per heavy atom. The lowest BCUT2D eigenvalue weighted by Gasteiger charge is -2.28. The van der Waals surface area contributed by atoms with Crippen LogP contribution in [0, 0.1) is 5.41 Å². The number of likely N-dealkylation sites (N-methyl/N-ethyl adjacent to an activating group) is 1. The van der Waals surface area contributed by atoms with Crippen molar-refractivity contribution < 1.29 is 0 Å². The lowest BCUT2D eigenvalue weighted by atomic mass is 9.94. The van der Waals surface area contributed by atoms with Crippen LogP contribution in [-0.2, 0) is 0 Å². The maximum absolute atomic E-state index is 3.37. The smallest absolute Gasteiger partial charge is 0.0167 e. The number of hydrogen-bond donors (Lipinski definition) is 1. The summed E-state index contributed by atoms with van der Waals surface area (Å²) in [5, 5.41) is 3.37. The fraction of sp³-hybridized carbons (Fsp3) is 0.857. The largest absolute Gasteiger partial charge is 0.312 e. The van der Waals surface area contributed by atoms with Crippen LogP contribution in [0.3, 0.4) is 0 Å². The molecule has 2 nitrogen and oxygen atoms in total. The van der Waals surface area contributed by atoms with Crippen LogP contribution in [0.5, 0.6) is 0 Å². The Morgan fingerprint density at radius 1 is 1.31 bits per heavy atom. The van der Waals surface area contributed by atoms with Gasteiger partial charge in [0.15, 0.2) is 0 Å². The minimum atomic E-state index is 0.542. The van der Waals surface area contributed by atoms with Crippen LogP contribution in [0.15, 0.2) is 13.2 Å². The molecule has 1 atom stereocenters. The third-order valence-corrected chi connectivity index (χ3v) is 2.63. The van der Waals surface area contributed by atoms with Crippen molar-refractivity contribution in [2.45, 2.75) is 47.1 Å². The Bertz CT molecular complexity index is 141. The molecule has 1 aliphatic heterocycles. The Labute approximate surface area is 103 Å². The average Bonchev–Trinajstić information content (AvgIpc) is 2.20. The topological polar surface area (TPSA) is 15.3 Å². The molecule has 1 fully saturated rings.